The highest BCUT2D eigenvalue weighted by atomic mass is 16.3. The first-order valence-corrected chi connectivity index (χ1v) is 6.22. The third kappa shape index (κ3) is 2.57. The van der Waals surface area contributed by atoms with E-state index in [4.69, 9.17) is 0 Å². The van der Waals surface area contributed by atoms with Gasteiger partial charge in [-0.1, -0.05) is 25.2 Å². The van der Waals surface area contributed by atoms with Crippen molar-refractivity contribution in [1.82, 2.24) is 0 Å². The summed E-state index contributed by atoms with van der Waals surface area (Å²) in [5, 5.41) is 10.1. The highest BCUT2D eigenvalue weighted by Crippen LogP contribution is 2.49. The van der Waals surface area contributed by atoms with Crippen LogP contribution >= 0.6 is 0 Å². The molecule has 0 bridgehead atoms. The van der Waals surface area contributed by atoms with Gasteiger partial charge in [-0.05, 0) is 57.3 Å². The van der Waals surface area contributed by atoms with Gasteiger partial charge in [0.25, 0.3) is 0 Å². The molecule has 1 rings (SSSR count). The van der Waals surface area contributed by atoms with Crippen molar-refractivity contribution < 1.29 is 5.11 Å². The van der Waals surface area contributed by atoms with E-state index in [0.29, 0.717) is 11.8 Å². The summed E-state index contributed by atoms with van der Waals surface area (Å²) in [6, 6.07) is 0. The van der Waals surface area contributed by atoms with Crippen LogP contribution in [-0.2, 0) is 0 Å². The van der Waals surface area contributed by atoms with E-state index < -0.39 is 5.60 Å². The lowest BCUT2D eigenvalue weighted by Gasteiger charge is -2.46. The molecule has 0 spiro atoms. The molecule has 1 aliphatic carbocycles. The lowest BCUT2D eigenvalue weighted by Crippen LogP contribution is -2.41. The molecule has 1 nitrogen and oxygen atoms in total. The van der Waals surface area contributed by atoms with Crippen LogP contribution in [0.3, 0.4) is 0 Å². The van der Waals surface area contributed by atoms with Crippen molar-refractivity contribution in [3.63, 3.8) is 0 Å². The van der Waals surface area contributed by atoms with Crippen LogP contribution in [0.15, 0.2) is 24.8 Å². The monoisotopic (exact) mass is 222 g/mol. The van der Waals surface area contributed by atoms with Gasteiger partial charge in [-0.25, -0.2) is 0 Å². The minimum Gasteiger partial charge on any atom is -0.390 e. The fourth-order valence-electron chi connectivity index (χ4n) is 2.98. The molecule has 0 aromatic rings. The van der Waals surface area contributed by atoms with Crippen LogP contribution < -0.4 is 0 Å². The molecule has 2 unspecified atom stereocenters. The number of allylic oxidation sites excluding steroid dienone is 2. The third-order valence-corrected chi connectivity index (χ3v) is 4.41. The van der Waals surface area contributed by atoms with Gasteiger partial charge >= 0.3 is 0 Å². The van der Waals surface area contributed by atoms with Gasteiger partial charge in [-0.15, -0.1) is 6.58 Å². The Morgan fingerprint density at radius 3 is 2.44 bits per heavy atom. The van der Waals surface area contributed by atoms with E-state index in [1.54, 1.807) is 0 Å². The van der Waals surface area contributed by atoms with Crippen LogP contribution in [-0.4, -0.2) is 10.7 Å². The number of aliphatic hydroxyl groups is 1. The van der Waals surface area contributed by atoms with Gasteiger partial charge in [0, 0.05) is 0 Å². The van der Waals surface area contributed by atoms with E-state index >= 15 is 0 Å². The van der Waals surface area contributed by atoms with Crippen molar-refractivity contribution in [2.24, 2.45) is 17.3 Å². The molecule has 1 heteroatoms. The Morgan fingerprint density at radius 2 is 2.06 bits per heavy atom. The molecule has 1 N–H and O–H groups in total. The molecular formula is C15H26O. The zero-order valence-electron chi connectivity index (χ0n) is 11.2. The van der Waals surface area contributed by atoms with E-state index in [2.05, 4.69) is 33.1 Å². The molecule has 0 heterocycles. The Morgan fingerprint density at radius 1 is 1.50 bits per heavy atom. The summed E-state index contributed by atoms with van der Waals surface area (Å²) >= 11 is 0. The quantitative estimate of drug-likeness (QED) is 0.717. The second kappa shape index (κ2) is 4.37. The van der Waals surface area contributed by atoms with Crippen LogP contribution in [0, 0.1) is 17.3 Å². The average Bonchev–Trinajstić information content (AvgIpc) is 2.16. The number of hydrogen-bond acceptors (Lipinski definition) is 1. The molecule has 0 aromatic carbocycles. The summed E-state index contributed by atoms with van der Waals surface area (Å²) in [6.07, 6.45) is 5.28. The summed E-state index contributed by atoms with van der Waals surface area (Å²) in [5.41, 5.74) is 0.806. The maximum atomic E-state index is 10.1. The third-order valence-electron chi connectivity index (χ3n) is 4.41. The minimum absolute atomic E-state index is 0.160. The Bertz CT molecular complexity index is 284. The molecule has 1 fully saturated rings. The van der Waals surface area contributed by atoms with Crippen LogP contribution in [0.5, 0.6) is 0 Å². The molecule has 1 saturated carbocycles. The standard InChI is InChI=1S/C15H26O/c1-7-15(6)9-8-12(14(4,5)16)10-13(15)11(2)3/h7,12-13,16H,1-2,8-10H2,3-6H3/t12-,13?,15?/m1/s1. The van der Waals surface area contributed by atoms with Gasteiger partial charge in [0.2, 0.25) is 0 Å². The van der Waals surface area contributed by atoms with Crippen LogP contribution in [0.25, 0.3) is 0 Å². The first-order chi connectivity index (χ1) is 7.20. The Hall–Kier alpha value is -0.560. The van der Waals surface area contributed by atoms with Gasteiger partial charge in [0.1, 0.15) is 0 Å². The predicted octanol–water partition coefficient (Wildman–Crippen LogP) is 3.94. The summed E-state index contributed by atoms with van der Waals surface area (Å²) in [4.78, 5) is 0. The highest BCUT2D eigenvalue weighted by molar-refractivity contribution is 5.12. The van der Waals surface area contributed by atoms with Crippen molar-refractivity contribution in [1.29, 1.82) is 0 Å². The second-order valence-corrected chi connectivity index (χ2v) is 6.23. The zero-order valence-corrected chi connectivity index (χ0v) is 11.2. The lowest BCUT2D eigenvalue weighted by molar-refractivity contribution is -0.0244. The fourth-order valence-corrected chi connectivity index (χ4v) is 2.98. The predicted molar refractivity (Wildman–Crippen MR) is 70.2 cm³/mol. The first kappa shape index (κ1) is 13.5. The maximum Gasteiger partial charge on any atom is 0.0620 e. The summed E-state index contributed by atoms with van der Waals surface area (Å²) in [5.74, 6) is 0.831. The Labute approximate surface area is 100 Å². The maximum absolute atomic E-state index is 10.1. The molecule has 0 saturated heterocycles. The lowest BCUT2D eigenvalue weighted by atomic mass is 9.60. The normalized spacial score (nSPS) is 35.8. The molecule has 0 amide bonds. The Kier molecular flexibility index (Phi) is 3.69. The van der Waals surface area contributed by atoms with Gasteiger partial charge in [-0.3, -0.25) is 0 Å². The summed E-state index contributed by atoms with van der Waals surface area (Å²) < 4.78 is 0. The second-order valence-electron chi connectivity index (χ2n) is 6.23. The molecule has 3 atom stereocenters. The van der Waals surface area contributed by atoms with Crippen LogP contribution in [0.2, 0.25) is 0 Å². The molecule has 0 radical (unpaired) electrons. The van der Waals surface area contributed by atoms with Crippen LogP contribution in [0.4, 0.5) is 0 Å². The molecular weight excluding hydrogens is 196 g/mol. The molecule has 0 aliphatic heterocycles. The van der Waals surface area contributed by atoms with E-state index in [-0.39, 0.29) is 5.41 Å². The first-order valence-electron chi connectivity index (χ1n) is 6.22. The number of rotatable bonds is 3. The Balaban J connectivity index is 2.90. The molecule has 1 aliphatic rings. The fraction of sp³-hybridized carbons (Fsp3) is 0.733. The van der Waals surface area contributed by atoms with Gasteiger partial charge in [0.05, 0.1) is 5.60 Å². The molecule has 16 heavy (non-hydrogen) atoms. The largest absolute Gasteiger partial charge is 0.390 e. The van der Waals surface area contributed by atoms with Gasteiger partial charge < -0.3 is 5.11 Å². The van der Waals surface area contributed by atoms with E-state index in [9.17, 15) is 5.11 Å². The van der Waals surface area contributed by atoms with Crippen molar-refractivity contribution in [2.45, 2.75) is 52.6 Å². The van der Waals surface area contributed by atoms with E-state index in [0.717, 1.165) is 19.3 Å². The highest BCUT2D eigenvalue weighted by Gasteiger charge is 2.42. The summed E-state index contributed by atoms with van der Waals surface area (Å²) in [6.45, 7) is 16.3. The molecule has 92 valence electrons. The van der Waals surface area contributed by atoms with Crippen molar-refractivity contribution in [2.75, 3.05) is 0 Å². The van der Waals surface area contributed by atoms with E-state index in [1.807, 2.05) is 13.8 Å². The van der Waals surface area contributed by atoms with Crippen LogP contribution in [0.1, 0.15) is 47.0 Å². The zero-order chi connectivity index (χ0) is 12.6. The van der Waals surface area contributed by atoms with E-state index in [1.165, 1.54) is 5.57 Å². The van der Waals surface area contributed by atoms with Gasteiger partial charge in [-0.2, -0.15) is 0 Å². The average molecular weight is 222 g/mol. The number of hydrogen-bond donors (Lipinski definition) is 1. The van der Waals surface area contributed by atoms with Gasteiger partial charge in [0.15, 0.2) is 0 Å². The van der Waals surface area contributed by atoms with Crippen molar-refractivity contribution in [3.8, 4) is 0 Å². The molecule has 0 aromatic heterocycles. The van der Waals surface area contributed by atoms with Crippen molar-refractivity contribution in [3.05, 3.63) is 24.8 Å². The smallest absolute Gasteiger partial charge is 0.0620 e. The SMILES string of the molecule is C=CC1(C)CC[C@@H](C(C)(C)O)CC1C(=C)C. The summed E-state index contributed by atoms with van der Waals surface area (Å²) in [7, 11) is 0. The van der Waals surface area contributed by atoms with Crippen molar-refractivity contribution >= 4 is 0 Å². The minimum atomic E-state index is -0.573. The topological polar surface area (TPSA) is 20.2 Å².